The predicted octanol–water partition coefficient (Wildman–Crippen LogP) is 3.76. The summed E-state index contributed by atoms with van der Waals surface area (Å²) in [5, 5.41) is 4.86. The summed E-state index contributed by atoms with van der Waals surface area (Å²) in [5.74, 6) is 1.70. The maximum Gasteiger partial charge on any atom is 0.0309 e. The summed E-state index contributed by atoms with van der Waals surface area (Å²) in [7, 11) is 0. The van der Waals surface area contributed by atoms with Gasteiger partial charge in [-0.3, -0.25) is 4.90 Å². The van der Waals surface area contributed by atoms with E-state index in [0.717, 1.165) is 29.2 Å². The van der Waals surface area contributed by atoms with Crippen LogP contribution in [-0.4, -0.2) is 47.1 Å². The summed E-state index contributed by atoms with van der Waals surface area (Å²) < 4.78 is 0. The Morgan fingerprint density at radius 3 is 2.29 bits per heavy atom. The first-order valence-electron chi connectivity index (χ1n) is 9.07. The molecule has 122 valence electrons. The van der Waals surface area contributed by atoms with E-state index in [1.807, 2.05) is 0 Å². The van der Waals surface area contributed by atoms with Crippen LogP contribution in [0.4, 0.5) is 0 Å². The molecule has 1 aliphatic heterocycles. The highest BCUT2D eigenvalue weighted by atomic mass is 32.2. The summed E-state index contributed by atoms with van der Waals surface area (Å²) in [6.45, 7) is 9.79. The zero-order chi connectivity index (χ0) is 15.0. The van der Waals surface area contributed by atoms with Gasteiger partial charge in [0.05, 0.1) is 0 Å². The van der Waals surface area contributed by atoms with Crippen LogP contribution in [0, 0.1) is 11.8 Å². The van der Waals surface area contributed by atoms with E-state index in [1.165, 1.54) is 51.6 Å². The summed E-state index contributed by atoms with van der Waals surface area (Å²) in [4.78, 5) is 2.93. The van der Waals surface area contributed by atoms with Crippen LogP contribution in [0.2, 0.25) is 0 Å². The van der Waals surface area contributed by atoms with E-state index in [4.69, 9.17) is 0 Å². The largest absolute Gasteiger partial charge is 0.308 e. The summed E-state index contributed by atoms with van der Waals surface area (Å²) in [6, 6.07) is 1.59. The first-order valence-corrected chi connectivity index (χ1v) is 10.4. The third-order valence-corrected chi connectivity index (χ3v) is 7.48. The Labute approximate surface area is 135 Å². The van der Waals surface area contributed by atoms with Crippen molar-refractivity contribution in [2.24, 2.45) is 11.8 Å². The second-order valence-corrected chi connectivity index (χ2v) is 9.36. The highest BCUT2D eigenvalue weighted by Gasteiger charge is 2.48. The van der Waals surface area contributed by atoms with E-state index in [1.54, 1.807) is 0 Å². The van der Waals surface area contributed by atoms with E-state index in [-0.39, 0.29) is 0 Å². The number of thioether (sulfide) groups is 1. The molecule has 0 bridgehead atoms. The molecular weight excluding hydrogens is 276 g/mol. The van der Waals surface area contributed by atoms with Crippen molar-refractivity contribution >= 4 is 11.8 Å². The van der Waals surface area contributed by atoms with Gasteiger partial charge in [-0.15, -0.1) is 0 Å². The molecule has 1 saturated heterocycles. The lowest BCUT2D eigenvalue weighted by atomic mass is 9.84. The molecule has 1 N–H and O–H groups in total. The highest BCUT2D eigenvalue weighted by Crippen LogP contribution is 2.43. The van der Waals surface area contributed by atoms with Gasteiger partial charge in [0.25, 0.3) is 0 Å². The molecule has 0 spiro atoms. The van der Waals surface area contributed by atoms with Gasteiger partial charge in [0.15, 0.2) is 0 Å². The zero-order valence-corrected chi connectivity index (χ0v) is 15.2. The van der Waals surface area contributed by atoms with E-state index >= 15 is 0 Å². The van der Waals surface area contributed by atoms with E-state index in [2.05, 4.69) is 49.0 Å². The molecule has 2 aliphatic carbocycles. The first-order chi connectivity index (χ1) is 10.0. The zero-order valence-electron chi connectivity index (χ0n) is 14.4. The fraction of sp³-hybridized carbons (Fsp3) is 1.00. The molecule has 2 unspecified atom stereocenters. The average Bonchev–Trinajstić information content (AvgIpc) is 3.32. The van der Waals surface area contributed by atoms with Crippen LogP contribution in [0.5, 0.6) is 0 Å². The standard InChI is InChI=1S/C18H34N2S/c1-13(2)17-11-19-18(3,14-5-6-14)12-20(17)15-7-9-16(21-4)10-8-15/h13-17,19H,5-12H2,1-4H3. The van der Waals surface area contributed by atoms with Crippen LogP contribution in [0.25, 0.3) is 0 Å². The van der Waals surface area contributed by atoms with E-state index < -0.39 is 0 Å². The van der Waals surface area contributed by atoms with Gasteiger partial charge in [-0.05, 0) is 63.5 Å². The third-order valence-electron chi connectivity index (χ3n) is 6.35. The molecule has 0 aromatic carbocycles. The Kier molecular flexibility index (Phi) is 4.93. The van der Waals surface area contributed by atoms with Crippen molar-refractivity contribution < 1.29 is 0 Å². The highest BCUT2D eigenvalue weighted by molar-refractivity contribution is 7.99. The maximum absolute atomic E-state index is 3.93. The molecule has 21 heavy (non-hydrogen) atoms. The molecule has 2 nitrogen and oxygen atoms in total. The molecular formula is C18H34N2S. The number of piperazine rings is 1. The number of nitrogens with one attached hydrogen (secondary N) is 1. The Balaban J connectivity index is 1.68. The Morgan fingerprint density at radius 2 is 1.76 bits per heavy atom. The Morgan fingerprint density at radius 1 is 1.10 bits per heavy atom. The van der Waals surface area contributed by atoms with E-state index in [9.17, 15) is 0 Å². The van der Waals surface area contributed by atoms with Gasteiger partial charge in [0.2, 0.25) is 0 Å². The van der Waals surface area contributed by atoms with E-state index in [0.29, 0.717) is 5.54 Å². The van der Waals surface area contributed by atoms with Gasteiger partial charge in [-0.1, -0.05) is 13.8 Å². The van der Waals surface area contributed by atoms with Crippen LogP contribution >= 0.6 is 11.8 Å². The minimum Gasteiger partial charge on any atom is -0.308 e. The van der Waals surface area contributed by atoms with Gasteiger partial charge < -0.3 is 5.32 Å². The van der Waals surface area contributed by atoms with Gasteiger partial charge in [-0.25, -0.2) is 0 Å². The van der Waals surface area contributed by atoms with Crippen LogP contribution in [0.1, 0.15) is 59.3 Å². The maximum atomic E-state index is 3.93. The fourth-order valence-electron chi connectivity index (χ4n) is 4.63. The molecule has 3 fully saturated rings. The predicted molar refractivity (Wildman–Crippen MR) is 94.0 cm³/mol. The number of nitrogens with zero attached hydrogens (tertiary/aromatic N) is 1. The van der Waals surface area contributed by atoms with Crippen molar-refractivity contribution in [3.8, 4) is 0 Å². The van der Waals surface area contributed by atoms with Crippen molar-refractivity contribution in [2.75, 3.05) is 19.3 Å². The molecule has 0 radical (unpaired) electrons. The molecule has 2 saturated carbocycles. The van der Waals surface area contributed by atoms with Crippen LogP contribution in [0.15, 0.2) is 0 Å². The van der Waals surface area contributed by atoms with Crippen LogP contribution in [-0.2, 0) is 0 Å². The number of hydrogen-bond acceptors (Lipinski definition) is 3. The molecule has 0 aromatic rings. The smallest absolute Gasteiger partial charge is 0.0309 e. The minimum absolute atomic E-state index is 0.391. The monoisotopic (exact) mass is 310 g/mol. The Hall–Kier alpha value is 0.270. The second-order valence-electron chi connectivity index (χ2n) is 8.22. The van der Waals surface area contributed by atoms with Crippen LogP contribution in [0.3, 0.4) is 0 Å². The average molecular weight is 311 g/mol. The van der Waals surface area contributed by atoms with Gasteiger partial charge >= 0.3 is 0 Å². The summed E-state index contributed by atoms with van der Waals surface area (Å²) in [6.07, 6.45) is 10.9. The number of rotatable bonds is 4. The van der Waals surface area contributed by atoms with Crippen LogP contribution < -0.4 is 5.32 Å². The van der Waals surface area contributed by atoms with Crippen molar-refractivity contribution in [3.05, 3.63) is 0 Å². The second kappa shape index (κ2) is 6.41. The molecule has 0 aromatic heterocycles. The van der Waals surface area contributed by atoms with Crippen molar-refractivity contribution in [1.29, 1.82) is 0 Å². The van der Waals surface area contributed by atoms with Crippen molar-refractivity contribution in [1.82, 2.24) is 10.2 Å². The summed E-state index contributed by atoms with van der Waals surface area (Å²) in [5.41, 5.74) is 0.391. The number of hydrogen-bond donors (Lipinski definition) is 1. The first kappa shape index (κ1) is 16.1. The fourth-order valence-corrected chi connectivity index (χ4v) is 5.38. The normalized spacial score (nSPS) is 42.4. The van der Waals surface area contributed by atoms with Crippen molar-refractivity contribution in [2.45, 2.75) is 82.2 Å². The molecule has 3 rings (SSSR count). The SMILES string of the molecule is CSC1CCC(N2CC(C)(C3CC3)NCC2C(C)C)CC1. The van der Waals surface area contributed by atoms with Gasteiger partial charge in [0.1, 0.15) is 0 Å². The van der Waals surface area contributed by atoms with Gasteiger partial charge in [0, 0.05) is 36.0 Å². The molecule has 2 atom stereocenters. The van der Waals surface area contributed by atoms with Crippen molar-refractivity contribution in [3.63, 3.8) is 0 Å². The molecule has 3 heteroatoms. The molecule has 3 aliphatic rings. The summed E-state index contributed by atoms with van der Waals surface area (Å²) >= 11 is 2.09. The molecule has 1 heterocycles. The lowest BCUT2D eigenvalue weighted by Crippen LogP contribution is -2.67. The Bertz CT molecular complexity index is 347. The third kappa shape index (κ3) is 3.45. The topological polar surface area (TPSA) is 15.3 Å². The lowest BCUT2D eigenvalue weighted by molar-refractivity contribution is 0.00667. The molecule has 0 amide bonds. The quantitative estimate of drug-likeness (QED) is 0.851. The lowest BCUT2D eigenvalue weighted by Gasteiger charge is -2.52. The minimum atomic E-state index is 0.391. The van der Waals surface area contributed by atoms with Gasteiger partial charge in [-0.2, -0.15) is 11.8 Å².